The zero-order valence-corrected chi connectivity index (χ0v) is 9.81. The van der Waals surface area contributed by atoms with Gasteiger partial charge in [0.1, 0.15) is 6.10 Å². The summed E-state index contributed by atoms with van der Waals surface area (Å²) in [6, 6.07) is 1.85. The predicted octanol–water partition coefficient (Wildman–Crippen LogP) is 1.86. The van der Waals surface area contributed by atoms with E-state index in [2.05, 4.69) is 10.1 Å². The van der Waals surface area contributed by atoms with Crippen LogP contribution in [0.15, 0.2) is 24.7 Å². The quantitative estimate of drug-likeness (QED) is 0.868. The standard InChI is InChI=1S/C11H12ClN3O/c1-7-3-4-13-5-8(7)11(16)10-9(12)6-14-15(10)2/h3-6,11,16H,1-2H3. The van der Waals surface area contributed by atoms with E-state index in [4.69, 9.17) is 11.6 Å². The van der Waals surface area contributed by atoms with E-state index in [0.29, 0.717) is 10.7 Å². The molecule has 0 radical (unpaired) electrons. The van der Waals surface area contributed by atoms with E-state index >= 15 is 0 Å². The number of aromatic nitrogens is 3. The van der Waals surface area contributed by atoms with Crippen molar-refractivity contribution in [1.82, 2.24) is 14.8 Å². The Balaban J connectivity index is 2.47. The number of nitrogens with zero attached hydrogens (tertiary/aromatic N) is 3. The molecule has 2 aromatic rings. The Bertz CT molecular complexity index is 490. The van der Waals surface area contributed by atoms with Crippen molar-refractivity contribution in [3.63, 3.8) is 0 Å². The minimum absolute atomic E-state index is 0.457. The van der Waals surface area contributed by atoms with Crippen molar-refractivity contribution in [1.29, 1.82) is 0 Å². The summed E-state index contributed by atoms with van der Waals surface area (Å²) in [7, 11) is 1.75. The van der Waals surface area contributed by atoms with E-state index in [0.717, 1.165) is 11.1 Å². The highest BCUT2D eigenvalue weighted by Crippen LogP contribution is 2.28. The monoisotopic (exact) mass is 237 g/mol. The maximum Gasteiger partial charge on any atom is 0.124 e. The smallest absolute Gasteiger partial charge is 0.124 e. The fourth-order valence-electron chi connectivity index (χ4n) is 1.64. The van der Waals surface area contributed by atoms with Crippen molar-refractivity contribution in [3.05, 3.63) is 46.5 Å². The van der Waals surface area contributed by atoms with Crippen LogP contribution < -0.4 is 0 Å². The molecule has 0 saturated carbocycles. The summed E-state index contributed by atoms with van der Waals surface area (Å²) < 4.78 is 1.57. The number of pyridine rings is 1. The number of hydrogen-bond acceptors (Lipinski definition) is 3. The van der Waals surface area contributed by atoms with E-state index in [1.807, 2.05) is 13.0 Å². The number of aliphatic hydroxyl groups excluding tert-OH is 1. The third kappa shape index (κ3) is 1.81. The lowest BCUT2D eigenvalue weighted by Crippen LogP contribution is -2.08. The van der Waals surface area contributed by atoms with Gasteiger partial charge in [0.2, 0.25) is 0 Å². The van der Waals surface area contributed by atoms with Gasteiger partial charge in [0.05, 0.1) is 16.9 Å². The summed E-state index contributed by atoms with van der Waals surface area (Å²) in [6.45, 7) is 1.92. The summed E-state index contributed by atoms with van der Waals surface area (Å²) in [5.74, 6) is 0. The molecule has 4 nitrogen and oxygen atoms in total. The minimum atomic E-state index is -0.798. The topological polar surface area (TPSA) is 50.9 Å². The molecule has 16 heavy (non-hydrogen) atoms. The second-order valence-corrected chi connectivity index (χ2v) is 4.04. The van der Waals surface area contributed by atoms with Crippen LogP contribution in [0.25, 0.3) is 0 Å². The molecule has 0 bridgehead atoms. The van der Waals surface area contributed by atoms with E-state index in [1.54, 1.807) is 24.1 Å². The number of halogens is 1. The zero-order valence-electron chi connectivity index (χ0n) is 9.05. The van der Waals surface area contributed by atoms with Crippen molar-refractivity contribution in [3.8, 4) is 0 Å². The van der Waals surface area contributed by atoms with Gasteiger partial charge in [-0.15, -0.1) is 0 Å². The van der Waals surface area contributed by atoms with Crippen LogP contribution in [0, 0.1) is 6.92 Å². The number of rotatable bonds is 2. The summed E-state index contributed by atoms with van der Waals surface area (Å²) in [5.41, 5.74) is 2.30. The molecule has 0 aromatic carbocycles. The van der Waals surface area contributed by atoms with Gasteiger partial charge in [-0.2, -0.15) is 5.10 Å². The van der Waals surface area contributed by atoms with Crippen LogP contribution in [0.4, 0.5) is 0 Å². The third-order valence-electron chi connectivity index (χ3n) is 2.57. The van der Waals surface area contributed by atoms with Crippen molar-refractivity contribution >= 4 is 11.6 Å². The Labute approximate surface area is 98.5 Å². The average molecular weight is 238 g/mol. The highest BCUT2D eigenvalue weighted by molar-refractivity contribution is 6.31. The highest BCUT2D eigenvalue weighted by atomic mass is 35.5. The first-order chi connectivity index (χ1) is 7.61. The van der Waals surface area contributed by atoms with Crippen LogP contribution in [-0.2, 0) is 7.05 Å². The van der Waals surface area contributed by atoms with Crippen molar-refractivity contribution in [2.75, 3.05) is 0 Å². The van der Waals surface area contributed by atoms with Crippen LogP contribution in [0.5, 0.6) is 0 Å². The van der Waals surface area contributed by atoms with Crippen LogP contribution in [0.3, 0.4) is 0 Å². The molecule has 0 amide bonds. The number of hydrogen-bond donors (Lipinski definition) is 1. The van der Waals surface area contributed by atoms with E-state index in [1.165, 1.54) is 6.20 Å². The molecule has 0 fully saturated rings. The Hall–Kier alpha value is -1.39. The van der Waals surface area contributed by atoms with Gasteiger partial charge < -0.3 is 5.11 Å². The first kappa shape index (κ1) is 11.1. The molecule has 0 spiro atoms. The zero-order chi connectivity index (χ0) is 11.7. The molecular weight excluding hydrogens is 226 g/mol. The maximum absolute atomic E-state index is 10.2. The van der Waals surface area contributed by atoms with E-state index < -0.39 is 6.10 Å². The lowest BCUT2D eigenvalue weighted by Gasteiger charge is -2.13. The molecule has 0 aliphatic carbocycles. The Morgan fingerprint density at radius 2 is 2.19 bits per heavy atom. The summed E-state index contributed by atoms with van der Waals surface area (Å²) in [6.07, 6.45) is 4.06. The normalized spacial score (nSPS) is 12.8. The first-order valence-corrected chi connectivity index (χ1v) is 5.25. The summed E-state index contributed by atoms with van der Waals surface area (Å²) in [5, 5.41) is 14.7. The van der Waals surface area contributed by atoms with Crippen molar-refractivity contribution < 1.29 is 5.11 Å². The summed E-state index contributed by atoms with van der Waals surface area (Å²) >= 11 is 5.98. The first-order valence-electron chi connectivity index (χ1n) is 4.87. The molecule has 2 heterocycles. The van der Waals surface area contributed by atoms with Crippen molar-refractivity contribution in [2.45, 2.75) is 13.0 Å². The Kier molecular flexibility index (Phi) is 2.94. The van der Waals surface area contributed by atoms with Gasteiger partial charge in [-0.1, -0.05) is 11.6 Å². The molecule has 0 aliphatic heterocycles. The minimum Gasteiger partial charge on any atom is -0.382 e. The molecule has 5 heteroatoms. The summed E-state index contributed by atoms with van der Waals surface area (Å²) in [4.78, 5) is 4.00. The predicted molar refractivity (Wildman–Crippen MR) is 61.3 cm³/mol. The third-order valence-corrected chi connectivity index (χ3v) is 2.86. The molecule has 0 saturated heterocycles. The van der Waals surface area contributed by atoms with E-state index in [9.17, 15) is 5.11 Å². The van der Waals surface area contributed by atoms with Crippen molar-refractivity contribution in [2.24, 2.45) is 7.05 Å². The lowest BCUT2D eigenvalue weighted by molar-refractivity contribution is 0.208. The molecule has 1 unspecified atom stereocenters. The molecule has 84 valence electrons. The molecule has 1 N–H and O–H groups in total. The molecule has 1 atom stereocenters. The maximum atomic E-state index is 10.2. The van der Waals surface area contributed by atoms with Crippen LogP contribution in [-0.4, -0.2) is 19.9 Å². The SMILES string of the molecule is Cc1ccncc1C(O)c1c(Cl)cnn1C. The number of aryl methyl sites for hydroxylation is 2. The second kappa shape index (κ2) is 4.23. The van der Waals surface area contributed by atoms with Crippen LogP contribution >= 0.6 is 11.6 Å². The highest BCUT2D eigenvalue weighted by Gasteiger charge is 2.19. The fraction of sp³-hybridized carbons (Fsp3) is 0.273. The van der Waals surface area contributed by atoms with Gasteiger partial charge in [0, 0.05) is 25.0 Å². The Morgan fingerprint density at radius 3 is 2.75 bits per heavy atom. The fourth-order valence-corrected chi connectivity index (χ4v) is 1.91. The Morgan fingerprint density at radius 1 is 1.44 bits per heavy atom. The van der Waals surface area contributed by atoms with Gasteiger partial charge in [0.15, 0.2) is 0 Å². The molecular formula is C11H12ClN3O. The van der Waals surface area contributed by atoms with Gasteiger partial charge in [-0.25, -0.2) is 0 Å². The van der Waals surface area contributed by atoms with Gasteiger partial charge in [-0.3, -0.25) is 9.67 Å². The van der Waals surface area contributed by atoms with Crippen LogP contribution in [0.1, 0.15) is 22.9 Å². The van der Waals surface area contributed by atoms with Crippen LogP contribution in [0.2, 0.25) is 5.02 Å². The average Bonchev–Trinajstić information content (AvgIpc) is 2.58. The second-order valence-electron chi connectivity index (χ2n) is 3.64. The largest absolute Gasteiger partial charge is 0.382 e. The van der Waals surface area contributed by atoms with Gasteiger partial charge in [-0.05, 0) is 18.6 Å². The van der Waals surface area contributed by atoms with Gasteiger partial charge >= 0.3 is 0 Å². The lowest BCUT2D eigenvalue weighted by atomic mass is 10.0. The number of aliphatic hydroxyl groups is 1. The van der Waals surface area contributed by atoms with E-state index in [-0.39, 0.29) is 0 Å². The molecule has 2 aromatic heterocycles. The molecule has 2 rings (SSSR count). The van der Waals surface area contributed by atoms with Gasteiger partial charge in [0.25, 0.3) is 0 Å². The molecule has 0 aliphatic rings.